The van der Waals surface area contributed by atoms with E-state index in [-0.39, 0.29) is 11.6 Å². The van der Waals surface area contributed by atoms with Crippen LogP contribution in [0.1, 0.15) is 10.5 Å². The van der Waals surface area contributed by atoms with Crippen LogP contribution in [0.4, 0.5) is 21.7 Å². The van der Waals surface area contributed by atoms with Gasteiger partial charge in [0.1, 0.15) is 11.5 Å². The van der Waals surface area contributed by atoms with Crippen LogP contribution >= 0.6 is 23.2 Å². The predicted molar refractivity (Wildman–Crippen MR) is 96.1 cm³/mol. The zero-order chi connectivity index (χ0) is 17.8. The molecule has 0 bridgehead atoms. The monoisotopic (exact) mass is 376 g/mol. The molecule has 2 aromatic carbocycles. The van der Waals surface area contributed by atoms with E-state index in [4.69, 9.17) is 23.2 Å². The topological polar surface area (TPSA) is 66.9 Å². The molecule has 1 aromatic heterocycles. The Balaban J connectivity index is 1.77. The first-order chi connectivity index (χ1) is 12.0. The molecule has 1 amide bonds. The second kappa shape index (κ2) is 7.46. The molecule has 0 unspecified atom stereocenters. The highest BCUT2D eigenvalue weighted by Crippen LogP contribution is 2.27. The molecule has 8 heteroatoms. The van der Waals surface area contributed by atoms with Crippen LogP contribution in [-0.2, 0) is 0 Å². The fraction of sp³-hybridized carbons (Fsp3) is 0. The first kappa shape index (κ1) is 17.1. The van der Waals surface area contributed by atoms with Crippen LogP contribution in [0, 0.1) is 5.82 Å². The van der Waals surface area contributed by atoms with Crippen molar-refractivity contribution in [3.63, 3.8) is 0 Å². The van der Waals surface area contributed by atoms with Gasteiger partial charge in [0.25, 0.3) is 5.91 Å². The molecular weight excluding hydrogens is 366 g/mol. The highest BCUT2D eigenvalue weighted by Gasteiger charge is 2.11. The molecule has 0 saturated heterocycles. The number of nitrogens with one attached hydrogen (secondary N) is 2. The van der Waals surface area contributed by atoms with Crippen LogP contribution in [0.3, 0.4) is 0 Å². The highest BCUT2D eigenvalue weighted by molar-refractivity contribution is 6.36. The van der Waals surface area contributed by atoms with Gasteiger partial charge in [-0.2, -0.15) is 0 Å². The van der Waals surface area contributed by atoms with E-state index in [1.54, 1.807) is 24.3 Å². The molecule has 0 fully saturated rings. The minimum absolute atomic E-state index is 0.117. The lowest BCUT2D eigenvalue weighted by Crippen LogP contribution is -2.14. The largest absolute Gasteiger partial charge is 0.323 e. The van der Waals surface area contributed by atoms with Gasteiger partial charge in [-0.15, -0.1) is 0 Å². The summed E-state index contributed by atoms with van der Waals surface area (Å²) in [4.78, 5) is 20.4. The van der Waals surface area contributed by atoms with Crippen molar-refractivity contribution in [3.8, 4) is 0 Å². The fourth-order valence-electron chi connectivity index (χ4n) is 2.02. The Hall–Kier alpha value is -2.70. The van der Waals surface area contributed by atoms with E-state index in [1.807, 2.05) is 0 Å². The van der Waals surface area contributed by atoms with E-state index in [9.17, 15) is 9.18 Å². The molecule has 0 aliphatic carbocycles. The third-order valence-electron chi connectivity index (χ3n) is 3.15. The van der Waals surface area contributed by atoms with Crippen LogP contribution < -0.4 is 10.6 Å². The number of amides is 1. The van der Waals surface area contributed by atoms with Crippen LogP contribution in [0.2, 0.25) is 10.0 Å². The van der Waals surface area contributed by atoms with Gasteiger partial charge in [-0.05, 0) is 42.5 Å². The number of rotatable bonds is 4. The van der Waals surface area contributed by atoms with Crippen molar-refractivity contribution in [2.75, 3.05) is 10.6 Å². The molecule has 0 spiro atoms. The number of carbonyl (C=O) groups excluding carboxylic acids is 1. The smallest absolute Gasteiger partial charge is 0.274 e. The van der Waals surface area contributed by atoms with Crippen molar-refractivity contribution in [3.05, 3.63) is 76.3 Å². The third-order valence-corrected chi connectivity index (χ3v) is 3.70. The average Bonchev–Trinajstić information content (AvgIpc) is 2.58. The zero-order valence-corrected chi connectivity index (χ0v) is 14.1. The summed E-state index contributed by atoms with van der Waals surface area (Å²) >= 11 is 11.9. The Kier molecular flexibility index (Phi) is 5.11. The van der Waals surface area contributed by atoms with Gasteiger partial charge in [-0.1, -0.05) is 29.3 Å². The Bertz CT molecular complexity index is 936. The van der Waals surface area contributed by atoms with Gasteiger partial charge in [-0.3, -0.25) is 4.79 Å². The molecular formula is C17H11Cl2FN4O. The molecule has 1 heterocycles. The first-order valence-electron chi connectivity index (χ1n) is 7.13. The van der Waals surface area contributed by atoms with Crippen LogP contribution in [0.15, 0.2) is 54.7 Å². The molecule has 3 rings (SSSR count). The summed E-state index contributed by atoms with van der Waals surface area (Å²) in [5.41, 5.74) is 1.000. The molecule has 2 N–H and O–H groups in total. The van der Waals surface area contributed by atoms with Gasteiger partial charge in [0.2, 0.25) is 5.95 Å². The second-order valence-corrected chi connectivity index (χ2v) is 5.82. The molecule has 0 radical (unpaired) electrons. The van der Waals surface area contributed by atoms with Crippen molar-refractivity contribution in [2.24, 2.45) is 0 Å². The van der Waals surface area contributed by atoms with E-state index in [1.165, 1.54) is 30.5 Å². The van der Waals surface area contributed by atoms with Gasteiger partial charge >= 0.3 is 0 Å². The predicted octanol–water partition coefficient (Wildman–Crippen LogP) is 4.92. The van der Waals surface area contributed by atoms with Crippen LogP contribution in [0.5, 0.6) is 0 Å². The Morgan fingerprint density at radius 2 is 1.92 bits per heavy atom. The van der Waals surface area contributed by atoms with E-state index >= 15 is 0 Å². The maximum Gasteiger partial charge on any atom is 0.274 e. The SMILES string of the molecule is O=C(Nc1cccc(F)c1)c1ccnc(Nc2ccc(Cl)cc2Cl)n1. The number of nitrogens with zero attached hydrogens (tertiary/aromatic N) is 2. The molecule has 126 valence electrons. The summed E-state index contributed by atoms with van der Waals surface area (Å²) < 4.78 is 13.2. The van der Waals surface area contributed by atoms with Crippen molar-refractivity contribution < 1.29 is 9.18 Å². The number of halogens is 3. The summed E-state index contributed by atoms with van der Waals surface area (Å²) in [5.74, 6) is -0.741. The number of anilines is 3. The Labute approximate surface area is 152 Å². The summed E-state index contributed by atoms with van der Waals surface area (Å²) in [6.07, 6.45) is 1.43. The molecule has 25 heavy (non-hydrogen) atoms. The molecule has 3 aromatic rings. The van der Waals surface area contributed by atoms with Gasteiger partial charge in [0.15, 0.2) is 0 Å². The van der Waals surface area contributed by atoms with E-state index in [2.05, 4.69) is 20.6 Å². The Morgan fingerprint density at radius 1 is 1.08 bits per heavy atom. The normalized spacial score (nSPS) is 10.4. The van der Waals surface area contributed by atoms with Crippen molar-refractivity contribution in [1.29, 1.82) is 0 Å². The van der Waals surface area contributed by atoms with Gasteiger partial charge in [0, 0.05) is 16.9 Å². The summed E-state index contributed by atoms with van der Waals surface area (Å²) in [6.45, 7) is 0. The number of hydrogen-bond donors (Lipinski definition) is 2. The maximum atomic E-state index is 13.2. The van der Waals surface area contributed by atoms with E-state index < -0.39 is 11.7 Å². The fourth-order valence-corrected chi connectivity index (χ4v) is 2.47. The maximum absolute atomic E-state index is 13.2. The number of carbonyl (C=O) groups is 1. The lowest BCUT2D eigenvalue weighted by molar-refractivity contribution is 0.102. The number of benzene rings is 2. The van der Waals surface area contributed by atoms with Crippen molar-refractivity contribution >= 4 is 46.4 Å². The summed E-state index contributed by atoms with van der Waals surface area (Å²) in [6, 6.07) is 11.9. The van der Waals surface area contributed by atoms with Crippen LogP contribution in [-0.4, -0.2) is 15.9 Å². The zero-order valence-electron chi connectivity index (χ0n) is 12.6. The number of aromatic nitrogens is 2. The average molecular weight is 377 g/mol. The summed E-state index contributed by atoms with van der Waals surface area (Å²) in [5, 5.41) is 6.38. The highest BCUT2D eigenvalue weighted by atomic mass is 35.5. The third kappa shape index (κ3) is 4.43. The van der Waals surface area contributed by atoms with Gasteiger partial charge in [-0.25, -0.2) is 14.4 Å². The molecule has 5 nitrogen and oxygen atoms in total. The second-order valence-electron chi connectivity index (χ2n) is 4.98. The molecule has 0 saturated carbocycles. The lowest BCUT2D eigenvalue weighted by Gasteiger charge is -2.09. The van der Waals surface area contributed by atoms with Gasteiger partial charge < -0.3 is 10.6 Å². The quantitative estimate of drug-likeness (QED) is 0.678. The van der Waals surface area contributed by atoms with E-state index in [0.717, 1.165) is 0 Å². The first-order valence-corrected chi connectivity index (χ1v) is 7.89. The molecule has 0 atom stereocenters. The van der Waals surface area contributed by atoms with Gasteiger partial charge in [0.05, 0.1) is 10.7 Å². The standard InChI is InChI=1S/C17H11Cl2FN4O/c18-10-4-5-14(13(19)8-10)23-17-21-7-6-15(24-17)16(25)22-12-3-1-2-11(20)9-12/h1-9H,(H,22,25)(H,21,23,24). The minimum atomic E-state index is -0.488. The summed E-state index contributed by atoms with van der Waals surface area (Å²) in [7, 11) is 0. The van der Waals surface area contributed by atoms with Crippen molar-refractivity contribution in [1.82, 2.24) is 9.97 Å². The minimum Gasteiger partial charge on any atom is -0.323 e. The Morgan fingerprint density at radius 3 is 2.68 bits per heavy atom. The van der Waals surface area contributed by atoms with Crippen molar-refractivity contribution in [2.45, 2.75) is 0 Å². The molecule has 0 aliphatic rings. The lowest BCUT2D eigenvalue weighted by atomic mass is 10.3. The van der Waals surface area contributed by atoms with E-state index in [0.29, 0.717) is 21.4 Å². The molecule has 0 aliphatic heterocycles. The number of hydrogen-bond acceptors (Lipinski definition) is 4. The van der Waals surface area contributed by atoms with Crippen LogP contribution in [0.25, 0.3) is 0 Å².